The van der Waals surface area contributed by atoms with E-state index in [1.165, 1.54) is 0 Å². The summed E-state index contributed by atoms with van der Waals surface area (Å²) >= 11 is 0. The molecule has 0 aromatic heterocycles. The number of hydrogen-bond acceptors (Lipinski definition) is 2. The Balaban J connectivity index is 1.47. The molecule has 3 rings (SSSR count). The molecule has 0 aliphatic carbocycles. The van der Waals surface area contributed by atoms with Gasteiger partial charge in [0.25, 0.3) is 5.91 Å². The van der Waals surface area contributed by atoms with E-state index in [-0.39, 0.29) is 11.9 Å². The molecule has 0 spiro atoms. The predicted octanol–water partition coefficient (Wildman–Crippen LogP) is 3.92. The molecule has 3 aromatic rings. The van der Waals surface area contributed by atoms with Crippen LogP contribution in [0.5, 0.6) is 0 Å². The monoisotopic (exact) mass is 387 g/mol. The van der Waals surface area contributed by atoms with Crippen LogP contribution in [0.2, 0.25) is 0 Å². The smallest absolute Gasteiger partial charge is 0.315 e. The minimum absolute atomic E-state index is 0.0908. The van der Waals surface area contributed by atoms with Crippen molar-refractivity contribution in [1.29, 1.82) is 0 Å². The van der Waals surface area contributed by atoms with Crippen molar-refractivity contribution >= 4 is 11.9 Å². The van der Waals surface area contributed by atoms with E-state index in [4.69, 9.17) is 0 Å². The summed E-state index contributed by atoms with van der Waals surface area (Å²) in [6.45, 7) is 3.25. The first-order chi connectivity index (χ1) is 14.1. The van der Waals surface area contributed by atoms with Gasteiger partial charge in [0.2, 0.25) is 0 Å². The van der Waals surface area contributed by atoms with Gasteiger partial charge in [0.1, 0.15) is 0 Å². The number of rotatable bonds is 7. The lowest BCUT2D eigenvalue weighted by molar-refractivity contribution is 0.0950. The second-order valence-corrected chi connectivity index (χ2v) is 6.84. The third-order valence-electron chi connectivity index (χ3n) is 4.58. The first-order valence-electron chi connectivity index (χ1n) is 9.59. The fourth-order valence-corrected chi connectivity index (χ4v) is 2.98. The van der Waals surface area contributed by atoms with Crippen molar-refractivity contribution in [3.63, 3.8) is 0 Å². The van der Waals surface area contributed by atoms with Crippen LogP contribution in [-0.4, -0.2) is 11.9 Å². The number of urea groups is 1. The van der Waals surface area contributed by atoms with Crippen molar-refractivity contribution in [2.75, 3.05) is 0 Å². The summed E-state index contributed by atoms with van der Waals surface area (Å²) in [4.78, 5) is 24.4. The maximum Gasteiger partial charge on any atom is 0.315 e. The molecule has 0 atom stereocenters. The molecule has 29 heavy (non-hydrogen) atoms. The van der Waals surface area contributed by atoms with Crippen molar-refractivity contribution < 1.29 is 9.59 Å². The number of nitrogens with one attached hydrogen (secondary N) is 3. The zero-order valence-electron chi connectivity index (χ0n) is 16.4. The second-order valence-electron chi connectivity index (χ2n) is 6.84. The number of aryl methyl sites for hydroxylation is 1. The van der Waals surface area contributed by atoms with Gasteiger partial charge in [-0.2, -0.15) is 0 Å². The molecule has 0 aliphatic heterocycles. The standard InChI is InChI=1S/C24H25N3O2/c1-18-8-5-6-13-22(18)23(28)25-16-20-11-7-12-21(14-20)17-27-24(29)26-15-19-9-3-2-4-10-19/h2-14H,15-17H2,1H3,(H,25,28)(H2,26,27,29). The van der Waals surface area contributed by atoms with Gasteiger partial charge in [0, 0.05) is 25.2 Å². The van der Waals surface area contributed by atoms with E-state index in [2.05, 4.69) is 16.0 Å². The van der Waals surface area contributed by atoms with Gasteiger partial charge < -0.3 is 16.0 Å². The van der Waals surface area contributed by atoms with Crippen molar-refractivity contribution in [3.8, 4) is 0 Å². The molecule has 3 N–H and O–H groups in total. The molecule has 0 bridgehead atoms. The molecule has 5 heteroatoms. The van der Waals surface area contributed by atoms with Crippen LogP contribution in [-0.2, 0) is 19.6 Å². The summed E-state index contributed by atoms with van der Waals surface area (Å²) < 4.78 is 0. The Morgan fingerprint density at radius 3 is 1.90 bits per heavy atom. The molecule has 0 unspecified atom stereocenters. The van der Waals surface area contributed by atoms with Gasteiger partial charge in [0.05, 0.1) is 0 Å². The van der Waals surface area contributed by atoms with Crippen LogP contribution in [0.3, 0.4) is 0 Å². The SMILES string of the molecule is Cc1ccccc1C(=O)NCc1cccc(CNC(=O)NCc2ccccc2)c1. The average molecular weight is 387 g/mol. The summed E-state index contributed by atoms with van der Waals surface area (Å²) in [6, 6.07) is 24.9. The molecule has 0 saturated heterocycles. The van der Waals surface area contributed by atoms with E-state index < -0.39 is 0 Å². The van der Waals surface area contributed by atoms with Crippen LogP contribution < -0.4 is 16.0 Å². The molecule has 3 aromatic carbocycles. The van der Waals surface area contributed by atoms with Crippen molar-refractivity contribution in [2.45, 2.75) is 26.6 Å². The molecule has 0 fully saturated rings. The molecule has 0 saturated carbocycles. The molecule has 0 radical (unpaired) electrons. The van der Waals surface area contributed by atoms with E-state index >= 15 is 0 Å². The number of hydrogen-bond donors (Lipinski definition) is 3. The van der Waals surface area contributed by atoms with Crippen LogP contribution in [0.4, 0.5) is 4.79 Å². The molecule has 0 heterocycles. The van der Waals surface area contributed by atoms with Crippen LogP contribution in [0, 0.1) is 6.92 Å². The van der Waals surface area contributed by atoms with Crippen LogP contribution in [0.15, 0.2) is 78.9 Å². The van der Waals surface area contributed by atoms with Crippen molar-refractivity contribution in [3.05, 3.63) is 107 Å². The first kappa shape index (κ1) is 20.1. The Morgan fingerprint density at radius 1 is 0.655 bits per heavy atom. The van der Waals surface area contributed by atoms with E-state index in [0.29, 0.717) is 25.2 Å². The summed E-state index contributed by atoms with van der Waals surface area (Å²) in [5.74, 6) is -0.0908. The Morgan fingerprint density at radius 2 is 1.21 bits per heavy atom. The summed E-state index contributed by atoms with van der Waals surface area (Å²) in [6.07, 6.45) is 0. The highest BCUT2D eigenvalue weighted by Gasteiger charge is 2.08. The minimum Gasteiger partial charge on any atom is -0.348 e. The van der Waals surface area contributed by atoms with Gasteiger partial charge in [-0.25, -0.2) is 4.79 Å². The number of carbonyl (C=O) groups excluding carboxylic acids is 2. The Kier molecular flexibility index (Phi) is 7.00. The van der Waals surface area contributed by atoms with E-state index in [1.807, 2.05) is 85.8 Å². The normalized spacial score (nSPS) is 10.2. The zero-order valence-corrected chi connectivity index (χ0v) is 16.4. The molecule has 148 valence electrons. The van der Waals surface area contributed by atoms with E-state index in [1.54, 1.807) is 0 Å². The maximum absolute atomic E-state index is 12.4. The predicted molar refractivity (Wildman–Crippen MR) is 114 cm³/mol. The van der Waals surface area contributed by atoms with Gasteiger partial charge in [-0.15, -0.1) is 0 Å². The summed E-state index contributed by atoms with van der Waals surface area (Å²) in [5, 5.41) is 8.65. The van der Waals surface area contributed by atoms with Crippen LogP contribution >= 0.6 is 0 Å². The number of benzene rings is 3. The van der Waals surface area contributed by atoms with Crippen LogP contribution in [0.1, 0.15) is 32.6 Å². The lowest BCUT2D eigenvalue weighted by Crippen LogP contribution is -2.34. The molecule has 5 nitrogen and oxygen atoms in total. The fourth-order valence-electron chi connectivity index (χ4n) is 2.98. The first-order valence-corrected chi connectivity index (χ1v) is 9.59. The highest BCUT2D eigenvalue weighted by atomic mass is 16.2. The topological polar surface area (TPSA) is 70.2 Å². The van der Waals surface area contributed by atoms with Crippen molar-refractivity contribution in [1.82, 2.24) is 16.0 Å². The third-order valence-corrected chi connectivity index (χ3v) is 4.58. The second kappa shape index (κ2) is 10.1. The van der Waals surface area contributed by atoms with Crippen molar-refractivity contribution in [2.24, 2.45) is 0 Å². The van der Waals surface area contributed by atoms with Gasteiger partial charge in [-0.05, 0) is 35.2 Å². The molecule has 0 aliphatic rings. The maximum atomic E-state index is 12.4. The molecular weight excluding hydrogens is 362 g/mol. The Hall–Kier alpha value is -3.60. The lowest BCUT2D eigenvalue weighted by Gasteiger charge is -2.10. The van der Waals surface area contributed by atoms with E-state index in [0.717, 1.165) is 22.3 Å². The highest BCUT2D eigenvalue weighted by molar-refractivity contribution is 5.95. The Bertz CT molecular complexity index is 971. The molecular formula is C24H25N3O2. The number of carbonyl (C=O) groups is 2. The average Bonchev–Trinajstić information content (AvgIpc) is 2.76. The Labute approximate surface area is 171 Å². The minimum atomic E-state index is -0.216. The van der Waals surface area contributed by atoms with Gasteiger partial charge in [0.15, 0.2) is 0 Å². The lowest BCUT2D eigenvalue weighted by atomic mass is 10.1. The van der Waals surface area contributed by atoms with E-state index in [9.17, 15) is 9.59 Å². The number of amides is 3. The summed E-state index contributed by atoms with van der Waals surface area (Å²) in [7, 11) is 0. The van der Waals surface area contributed by atoms with Gasteiger partial charge in [-0.1, -0.05) is 72.8 Å². The van der Waals surface area contributed by atoms with Gasteiger partial charge >= 0.3 is 6.03 Å². The van der Waals surface area contributed by atoms with Gasteiger partial charge in [-0.3, -0.25) is 4.79 Å². The zero-order chi connectivity index (χ0) is 20.5. The van der Waals surface area contributed by atoms with Crippen LogP contribution in [0.25, 0.3) is 0 Å². The highest BCUT2D eigenvalue weighted by Crippen LogP contribution is 2.09. The largest absolute Gasteiger partial charge is 0.348 e. The quantitative estimate of drug-likeness (QED) is 0.575. The third kappa shape index (κ3) is 6.21. The fraction of sp³-hybridized carbons (Fsp3) is 0.167. The molecule has 3 amide bonds. The summed E-state index contributed by atoms with van der Waals surface area (Å²) in [5.41, 5.74) is 4.64.